The van der Waals surface area contributed by atoms with E-state index >= 15 is 0 Å². The summed E-state index contributed by atoms with van der Waals surface area (Å²) in [5.41, 5.74) is -2.31. The molecule has 0 heterocycles. The van der Waals surface area contributed by atoms with Gasteiger partial charge in [-0.2, -0.15) is 16.6 Å². The molecule has 0 aromatic heterocycles. The molecular formula is C27H53O6PS. The number of carbonyl (C=O) groups is 1. The lowest BCUT2D eigenvalue weighted by atomic mass is 10.1. The minimum Gasteiger partial charge on any atom is -0.477 e. The highest BCUT2D eigenvalue weighted by molar-refractivity contribution is 7.99. The summed E-state index contributed by atoms with van der Waals surface area (Å²) in [6, 6.07) is 0. The predicted octanol–water partition coefficient (Wildman–Crippen LogP) is 9.16. The number of carboxylic acid groups (broad SMARTS) is 1. The fraction of sp³-hybridized carbons (Fsp3) is 0.963. The molecular weight excluding hydrogens is 483 g/mol. The lowest BCUT2D eigenvalue weighted by Crippen LogP contribution is -2.41. The largest absolute Gasteiger partial charge is 0.477 e. The van der Waals surface area contributed by atoms with E-state index in [1.165, 1.54) is 89.9 Å². The normalized spacial score (nSPS) is 15.2. The number of hydrogen-bond donors (Lipinski definition) is 1. The Morgan fingerprint density at radius 3 is 1.83 bits per heavy atom. The minimum absolute atomic E-state index is 0.119. The van der Waals surface area contributed by atoms with Gasteiger partial charge in [-0.3, -0.25) is 4.57 Å². The van der Waals surface area contributed by atoms with Crippen LogP contribution in [-0.2, 0) is 23.9 Å². The molecule has 0 bridgehead atoms. The quantitative estimate of drug-likeness (QED) is 0.0368. The Kier molecular flexibility index (Phi) is 24.0. The third-order valence-corrected chi connectivity index (χ3v) is 8.36. The van der Waals surface area contributed by atoms with Crippen LogP contribution in [0.25, 0.3) is 0 Å². The molecule has 208 valence electrons. The van der Waals surface area contributed by atoms with E-state index in [4.69, 9.17) is 14.5 Å². The van der Waals surface area contributed by atoms with E-state index in [-0.39, 0.29) is 18.0 Å². The van der Waals surface area contributed by atoms with Crippen LogP contribution in [0.4, 0.5) is 0 Å². The molecule has 6 nitrogen and oxygen atoms in total. The molecule has 0 radical (unpaired) electrons. The van der Waals surface area contributed by atoms with Crippen molar-refractivity contribution >= 4 is 26.2 Å². The second-order valence-electron chi connectivity index (χ2n) is 9.51. The van der Waals surface area contributed by atoms with E-state index in [0.717, 1.165) is 18.6 Å². The summed E-state index contributed by atoms with van der Waals surface area (Å²) in [4.78, 5) is 22.4. The first kappa shape index (κ1) is 34.8. The Morgan fingerprint density at radius 2 is 1.34 bits per heavy atom. The second kappa shape index (κ2) is 24.2. The highest BCUT2D eigenvalue weighted by Gasteiger charge is 2.45. The summed E-state index contributed by atoms with van der Waals surface area (Å²) < 4.78 is 16.8. The first-order chi connectivity index (χ1) is 17.0. The van der Waals surface area contributed by atoms with Gasteiger partial charge in [-0.25, -0.2) is 9.68 Å². The molecule has 3 unspecified atom stereocenters. The molecule has 0 rings (SSSR count). The van der Waals surface area contributed by atoms with Crippen LogP contribution in [0.1, 0.15) is 137 Å². The number of hydrogen-bond acceptors (Lipinski definition) is 6. The van der Waals surface area contributed by atoms with Gasteiger partial charge in [-0.05, 0) is 31.9 Å². The van der Waals surface area contributed by atoms with Gasteiger partial charge < -0.3 is 9.84 Å². The van der Waals surface area contributed by atoms with Crippen LogP contribution >= 0.6 is 20.2 Å². The molecule has 8 heteroatoms. The van der Waals surface area contributed by atoms with Crippen molar-refractivity contribution in [2.24, 2.45) is 0 Å². The molecule has 0 aliphatic rings. The van der Waals surface area contributed by atoms with E-state index in [2.05, 4.69) is 13.8 Å². The molecule has 3 atom stereocenters. The van der Waals surface area contributed by atoms with Gasteiger partial charge in [0.05, 0.1) is 6.61 Å². The molecule has 0 amide bonds. The van der Waals surface area contributed by atoms with Crippen LogP contribution in [0.3, 0.4) is 0 Å². The Morgan fingerprint density at radius 1 is 0.829 bits per heavy atom. The zero-order chi connectivity index (χ0) is 26.2. The van der Waals surface area contributed by atoms with Crippen LogP contribution in [0.15, 0.2) is 0 Å². The predicted molar refractivity (Wildman–Crippen MR) is 147 cm³/mol. The fourth-order valence-electron chi connectivity index (χ4n) is 3.87. The van der Waals surface area contributed by atoms with Crippen molar-refractivity contribution in [1.82, 2.24) is 0 Å². The number of carboxylic acids is 1. The summed E-state index contributed by atoms with van der Waals surface area (Å²) in [5.74, 6) is -0.398. The Hall–Kier alpha value is -0.200. The number of ether oxygens (including phenoxy) is 1. The number of rotatable bonds is 27. The van der Waals surface area contributed by atoms with E-state index < -0.39 is 20.0 Å². The van der Waals surface area contributed by atoms with Gasteiger partial charge in [-0.1, -0.05) is 111 Å². The van der Waals surface area contributed by atoms with E-state index in [1.54, 1.807) is 0 Å². The first-order valence-corrected chi connectivity index (χ1v) is 16.0. The van der Waals surface area contributed by atoms with E-state index in [1.807, 2.05) is 25.6 Å². The highest BCUT2D eigenvalue weighted by Crippen LogP contribution is 2.31. The minimum atomic E-state index is -2.31. The molecule has 0 aromatic rings. The molecule has 0 aliphatic carbocycles. The molecule has 0 aliphatic heterocycles. The maximum absolute atomic E-state index is 11.7. The van der Waals surface area contributed by atoms with Crippen LogP contribution in [-0.4, -0.2) is 40.3 Å². The topological polar surface area (TPSA) is 82.1 Å². The zero-order valence-corrected chi connectivity index (χ0v) is 24.6. The third kappa shape index (κ3) is 17.8. The van der Waals surface area contributed by atoms with E-state index in [9.17, 15) is 14.5 Å². The van der Waals surface area contributed by atoms with E-state index in [0.29, 0.717) is 6.42 Å². The number of aliphatic carboxylic acids is 1. The number of thioether (sulfide) groups is 1. The van der Waals surface area contributed by atoms with Gasteiger partial charge >= 0.3 is 11.5 Å². The summed E-state index contributed by atoms with van der Waals surface area (Å²) in [6.45, 7) is 8.34. The summed E-state index contributed by atoms with van der Waals surface area (Å²) in [7, 11) is -0.783. The van der Waals surface area contributed by atoms with Gasteiger partial charge in [0.1, 0.15) is 6.10 Å². The molecule has 0 spiro atoms. The average Bonchev–Trinajstić information content (AvgIpc) is 2.85. The van der Waals surface area contributed by atoms with Crippen molar-refractivity contribution in [1.29, 1.82) is 0 Å². The van der Waals surface area contributed by atoms with Crippen molar-refractivity contribution in [2.45, 2.75) is 154 Å². The van der Waals surface area contributed by atoms with Crippen molar-refractivity contribution in [3.05, 3.63) is 0 Å². The van der Waals surface area contributed by atoms with Crippen LogP contribution in [0.5, 0.6) is 0 Å². The second-order valence-corrected chi connectivity index (χ2v) is 11.6. The van der Waals surface area contributed by atoms with Crippen molar-refractivity contribution in [3.63, 3.8) is 0 Å². The lowest BCUT2D eigenvalue weighted by molar-refractivity contribution is -0.402. The molecule has 0 saturated heterocycles. The molecule has 0 fully saturated rings. The first-order valence-electron chi connectivity index (χ1n) is 14.1. The van der Waals surface area contributed by atoms with Crippen molar-refractivity contribution < 1.29 is 29.0 Å². The molecule has 0 aromatic carbocycles. The SMILES string of the molecule is CCCCCCCCCCCSC(CCCCCCCC)C(C)OOC(OCCC)(P=O)C(=O)O. The number of unbranched alkanes of at least 4 members (excludes halogenated alkanes) is 13. The van der Waals surface area contributed by atoms with Crippen molar-refractivity contribution in [3.8, 4) is 0 Å². The van der Waals surface area contributed by atoms with Gasteiger partial charge in [-0.15, -0.1) is 0 Å². The average molecular weight is 537 g/mol. The third-order valence-electron chi connectivity index (χ3n) is 6.15. The van der Waals surface area contributed by atoms with Gasteiger partial charge in [0, 0.05) is 5.25 Å². The van der Waals surface area contributed by atoms with Crippen molar-refractivity contribution in [2.75, 3.05) is 12.4 Å². The van der Waals surface area contributed by atoms with Gasteiger partial charge in [0.25, 0.3) is 0 Å². The maximum atomic E-state index is 11.7. The fourth-order valence-corrected chi connectivity index (χ4v) is 5.49. The Balaban J connectivity index is 4.59. The lowest BCUT2D eigenvalue weighted by Gasteiger charge is -2.27. The van der Waals surface area contributed by atoms with Crippen LogP contribution in [0, 0.1) is 0 Å². The smallest absolute Gasteiger partial charge is 0.380 e. The van der Waals surface area contributed by atoms with Crippen LogP contribution < -0.4 is 0 Å². The maximum Gasteiger partial charge on any atom is 0.380 e. The molecule has 0 saturated carbocycles. The summed E-state index contributed by atoms with van der Waals surface area (Å²) in [5, 5.41) is 9.70. The Bertz CT molecular complexity index is 510. The Labute approximate surface area is 221 Å². The summed E-state index contributed by atoms with van der Waals surface area (Å²) >= 11 is 1.88. The van der Waals surface area contributed by atoms with Gasteiger partial charge in [0.2, 0.25) is 8.46 Å². The molecule has 1 N–H and O–H groups in total. The standard InChI is InChI=1S/C27H53O6PS/c1-5-8-10-12-14-15-16-18-20-23-35-25(21-19-17-13-11-9-6-2)24(4)32-33-27(34-30,26(28)29)31-22-7-3/h24-25H,5-23H2,1-4H3,(H,28,29). The monoisotopic (exact) mass is 536 g/mol. The van der Waals surface area contributed by atoms with Crippen LogP contribution in [0.2, 0.25) is 0 Å². The highest BCUT2D eigenvalue weighted by atomic mass is 32.2. The molecule has 35 heavy (non-hydrogen) atoms. The van der Waals surface area contributed by atoms with Gasteiger partial charge in [0.15, 0.2) is 0 Å². The summed E-state index contributed by atoms with van der Waals surface area (Å²) in [6.07, 6.45) is 20.4. The zero-order valence-electron chi connectivity index (χ0n) is 22.9.